The molecule has 4 heteroatoms. The minimum Gasteiger partial charge on any atom is -0.387 e. The van der Waals surface area contributed by atoms with Crippen molar-refractivity contribution in [3.8, 4) is 0 Å². The summed E-state index contributed by atoms with van der Waals surface area (Å²) in [4.78, 5) is 0. The first-order valence-electron chi connectivity index (χ1n) is 5.82. The molecule has 0 bridgehead atoms. The van der Waals surface area contributed by atoms with Crippen LogP contribution in [0.3, 0.4) is 0 Å². The molecule has 0 aliphatic carbocycles. The molecule has 0 radical (unpaired) electrons. The molecule has 0 spiro atoms. The van der Waals surface area contributed by atoms with Crippen molar-refractivity contribution >= 4 is 0 Å². The van der Waals surface area contributed by atoms with Crippen molar-refractivity contribution in [1.29, 1.82) is 0 Å². The van der Waals surface area contributed by atoms with Gasteiger partial charge in [0.2, 0.25) is 0 Å². The van der Waals surface area contributed by atoms with Crippen molar-refractivity contribution in [2.24, 2.45) is 5.73 Å². The van der Waals surface area contributed by atoms with Crippen LogP contribution in [-0.2, 0) is 9.47 Å². The Morgan fingerprint density at radius 3 is 2.87 bits per heavy atom. The summed E-state index contributed by atoms with van der Waals surface area (Å²) in [6, 6.07) is 0. The van der Waals surface area contributed by atoms with E-state index in [1.807, 2.05) is 0 Å². The Kier molecular flexibility index (Phi) is 5.53. The van der Waals surface area contributed by atoms with E-state index in [0.29, 0.717) is 26.2 Å². The zero-order chi connectivity index (χ0) is 11.1. The van der Waals surface area contributed by atoms with E-state index in [4.69, 9.17) is 15.2 Å². The lowest BCUT2D eigenvalue weighted by atomic mass is 9.95. The quantitative estimate of drug-likeness (QED) is 0.658. The Labute approximate surface area is 91.7 Å². The maximum atomic E-state index is 10.2. The van der Waals surface area contributed by atoms with Crippen molar-refractivity contribution in [3.63, 3.8) is 0 Å². The highest BCUT2D eigenvalue weighted by molar-refractivity contribution is 4.79. The summed E-state index contributed by atoms with van der Waals surface area (Å²) in [5.74, 6) is 0. The Balaban J connectivity index is 2.29. The first kappa shape index (κ1) is 12.9. The van der Waals surface area contributed by atoms with E-state index in [1.165, 1.54) is 0 Å². The average molecular weight is 217 g/mol. The van der Waals surface area contributed by atoms with Gasteiger partial charge in [0.25, 0.3) is 0 Å². The zero-order valence-electron chi connectivity index (χ0n) is 9.58. The van der Waals surface area contributed by atoms with Gasteiger partial charge in [-0.15, -0.1) is 0 Å². The van der Waals surface area contributed by atoms with Crippen LogP contribution in [0, 0.1) is 0 Å². The van der Waals surface area contributed by atoms with E-state index in [9.17, 15) is 5.11 Å². The van der Waals surface area contributed by atoms with E-state index in [0.717, 1.165) is 25.9 Å². The zero-order valence-corrected chi connectivity index (χ0v) is 9.58. The Bertz CT molecular complexity index is 163. The number of aliphatic hydroxyl groups is 1. The van der Waals surface area contributed by atoms with Crippen LogP contribution in [0.1, 0.15) is 32.6 Å². The number of hydrogen-bond donors (Lipinski definition) is 2. The molecule has 4 nitrogen and oxygen atoms in total. The number of nitrogens with two attached hydrogens (primary N) is 1. The summed E-state index contributed by atoms with van der Waals surface area (Å²) in [5, 5.41) is 10.2. The van der Waals surface area contributed by atoms with E-state index < -0.39 is 5.60 Å². The highest BCUT2D eigenvalue weighted by atomic mass is 16.5. The topological polar surface area (TPSA) is 64.7 Å². The third-order valence-corrected chi connectivity index (χ3v) is 2.80. The maximum Gasteiger partial charge on any atom is 0.0892 e. The second kappa shape index (κ2) is 6.43. The van der Waals surface area contributed by atoms with Crippen LogP contribution in [0.4, 0.5) is 0 Å². The maximum absolute atomic E-state index is 10.2. The molecule has 3 N–H and O–H groups in total. The van der Waals surface area contributed by atoms with Crippen molar-refractivity contribution in [3.05, 3.63) is 0 Å². The van der Waals surface area contributed by atoms with Gasteiger partial charge in [-0.3, -0.25) is 0 Å². The number of ether oxygens (including phenoxy) is 2. The predicted molar refractivity (Wildman–Crippen MR) is 58.7 cm³/mol. The second-order valence-electron chi connectivity index (χ2n) is 4.31. The molecular formula is C11H23NO3. The average Bonchev–Trinajstić information content (AvgIpc) is 2.68. The van der Waals surface area contributed by atoms with E-state index in [1.54, 1.807) is 0 Å². The fourth-order valence-corrected chi connectivity index (χ4v) is 1.92. The van der Waals surface area contributed by atoms with Crippen molar-refractivity contribution in [2.45, 2.75) is 44.3 Å². The van der Waals surface area contributed by atoms with Gasteiger partial charge in [0.05, 0.1) is 24.9 Å². The molecule has 0 aromatic heterocycles. The minimum absolute atomic E-state index is 0.158. The molecule has 1 aliphatic rings. The fourth-order valence-electron chi connectivity index (χ4n) is 1.92. The molecule has 1 aliphatic heterocycles. The molecule has 0 amide bonds. The van der Waals surface area contributed by atoms with Crippen LogP contribution >= 0.6 is 0 Å². The Hall–Kier alpha value is -0.160. The summed E-state index contributed by atoms with van der Waals surface area (Å²) in [6.07, 6.45) is 3.39. The third kappa shape index (κ3) is 4.47. The van der Waals surface area contributed by atoms with Crippen LogP contribution in [0.25, 0.3) is 0 Å². The monoisotopic (exact) mass is 217 g/mol. The van der Waals surface area contributed by atoms with Gasteiger partial charge in [0.1, 0.15) is 0 Å². The molecule has 0 saturated carbocycles. The number of rotatable bonds is 7. The van der Waals surface area contributed by atoms with Gasteiger partial charge in [-0.1, -0.05) is 13.3 Å². The van der Waals surface area contributed by atoms with E-state index in [2.05, 4.69) is 6.92 Å². The van der Waals surface area contributed by atoms with Gasteiger partial charge in [-0.25, -0.2) is 0 Å². The van der Waals surface area contributed by atoms with Crippen molar-refractivity contribution < 1.29 is 14.6 Å². The largest absolute Gasteiger partial charge is 0.387 e. The lowest BCUT2D eigenvalue weighted by Crippen LogP contribution is -2.38. The van der Waals surface area contributed by atoms with Crippen LogP contribution in [0.2, 0.25) is 0 Å². The molecule has 90 valence electrons. The summed E-state index contributed by atoms with van der Waals surface area (Å²) < 4.78 is 10.9. The van der Waals surface area contributed by atoms with Crippen LogP contribution < -0.4 is 5.73 Å². The smallest absolute Gasteiger partial charge is 0.0892 e. The lowest BCUT2D eigenvalue weighted by molar-refractivity contribution is -0.0807. The Morgan fingerprint density at radius 1 is 1.53 bits per heavy atom. The Morgan fingerprint density at radius 2 is 2.33 bits per heavy atom. The molecule has 0 aromatic carbocycles. The molecule has 1 rings (SSSR count). The highest BCUT2D eigenvalue weighted by Gasteiger charge is 2.27. The van der Waals surface area contributed by atoms with Gasteiger partial charge in [0.15, 0.2) is 0 Å². The summed E-state index contributed by atoms with van der Waals surface area (Å²) >= 11 is 0. The van der Waals surface area contributed by atoms with Crippen LogP contribution in [0.5, 0.6) is 0 Å². The van der Waals surface area contributed by atoms with Gasteiger partial charge in [-0.05, 0) is 25.8 Å². The molecule has 2 atom stereocenters. The second-order valence-corrected chi connectivity index (χ2v) is 4.31. The minimum atomic E-state index is -0.744. The summed E-state index contributed by atoms with van der Waals surface area (Å²) in [5.41, 5.74) is 4.74. The molecule has 0 aromatic rings. The fraction of sp³-hybridized carbons (Fsp3) is 1.00. The standard InChI is InChI=1S/C11H23NO3/c1-2-4-11(13,5-6-12)9-15-10-3-7-14-8-10/h10,13H,2-9,12H2,1H3/t10-,11-/m0/s1. The van der Waals surface area contributed by atoms with Crippen LogP contribution in [-0.4, -0.2) is 43.2 Å². The number of hydrogen-bond acceptors (Lipinski definition) is 4. The first-order valence-corrected chi connectivity index (χ1v) is 5.82. The normalized spacial score (nSPS) is 25.4. The van der Waals surface area contributed by atoms with Gasteiger partial charge >= 0.3 is 0 Å². The SMILES string of the molecule is CCC[C@](O)(CCN)CO[C@H]1CCOC1. The molecule has 1 fully saturated rings. The molecule has 1 heterocycles. The highest BCUT2D eigenvalue weighted by Crippen LogP contribution is 2.19. The van der Waals surface area contributed by atoms with Gasteiger partial charge in [0, 0.05) is 6.61 Å². The van der Waals surface area contributed by atoms with E-state index >= 15 is 0 Å². The van der Waals surface area contributed by atoms with Gasteiger partial charge < -0.3 is 20.3 Å². The van der Waals surface area contributed by atoms with Gasteiger partial charge in [-0.2, -0.15) is 0 Å². The van der Waals surface area contributed by atoms with Crippen LogP contribution in [0.15, 0.2) is 0 Å². The summed E-state index contributed by atoms with van der Waals surface area (Å²) in [7, 11) is 0. The lowest BCUT2D eigenvalue weighted by Gasteiger charge is -2.28. The van der Waals surface area contributed by atoms with E-state index in [-0.39, 0.29) is 6.10 Å². The predicted octanol–water partition coefficient (Wildman–Crippen LogP) is 0.672. The van der Waals surface area contributed by atoms with Crippen molar-refractivity contribution in [2.75, 3.05) is 26.4 Å². The van der Waals surface area contributed by atoms with Crippen molar-refractivity contribution in [1.82, 2.24) is 0 Å². The molecule has 0 unspecified atom stereocenters. The first-order chi connectivity index (χ1) is 7.20. The molecule has 15 heavy (non-hydrogen) atoms. The molecule has 1 saturated heterocycles. The molecular weight excluding hydrogens is 194 g/mol. The summed E-state index contributed by atoms with van der Waals surface area (Å²) in [6.45, 7) is 4.37. The third-order valence-electron chi connectivity index (χ3n) is 2.80.